The Morgan fingerprint density at radius 3 is 2.53 bits per heavy atom. The number of nitrogens with one attached hydrogen (secondary N) is 1. The summed E-state index contributed by atoms with van der Waals surface area (Å²) < 4.78 is 39.1. The maximum Gasteiger partial charge on any atom is 0.263 e. The molecule has 0 spiro atoms. The minimum Gasteiger partial charge on any atom is -0.263 e. The van der Waals surface area contributed by atoms with Crippen LogP contribution in [0.25, 0.3) is 0 Å². The third-order valence-electron chi connectivity index (χ3n) is 2.07. The monoisotopic (exact) mass is 321 g/mol. The smallest absolute Gasteiger partial charge is 0.263 e. The zero-order valence-electron chi connectivity index (χ0n) is 9.14. The van der Waals surface area contributed by atoms with E-state index in [9.17, 15) is 12.8 Å². The molecule has 0 bridgehead atoms. The third-order valence-corrected chi connectivity index (χ3v) is 3.92. The van der Waals surface area contributed by atoms with Crippen molar-refractivity contribution < 1.29 is 12.8 Å². The molecule has 0 unspecified atom stereocenters. The van der Waals surface area contributed by atoms with E-state index in [1.54, 1.807) is 0 Å². The van der Waals surface area contributed by atoms with E-state index < -0.39 is 15.8 Å². The van der Waals surface area contributed by atoms with Crippen LogP contribution in [0, 0.1) is 5.82 Å². The summed E-state index contributed by atoms with van der Waals surface area (Å²) in [4.78, 5) is 7.13. The highest BCUT2D eigenvalue weighted by atomic mass is 35.5. The Morgan fingerprint density at radius 1 is 1.16 bits per heavy atom. The van der Waals surface area contributed by atoms with Crippen molar-refractivity contribution in [1.29, 1.82) is 0 Å². The van der Waals surface area contributed by atoms with Crippen molar-refractivity contribution in [3.05, 3.63) is 46.6 Å². The molecule has 1 aromatic carbocycles. The summed E-state index contributed by atoms with van der Waals surface area (Å²) in [6, 6.07) is 4.29. The molecule has 19 heavy (non-hydrogen) atoms. The van der Waals surface area contributed by atoms with Crippen molar-refractivity contribution in [3.8, 4) is 0 Å². The van der Waals surface area contributed by atoms with E-state index in [4.69, 9.17) is 23.2 Å². The Labute approximate surface area is 118 Å². The van der Waals surface area contributed by atoms with Gasteiger partial charge in [0.1, 0.15) is 23.1 Å². The van der Waals surface area contributed by atoms with E-state index in [0.717, 1.165) is 24.5 Å². The molecule has 0 fully saturated rings. The zero-order valence-corrected chi connectivity index (χ0v) is 11.5. The number of halogens is 3. The number of anilines is 1. The molecule has 0 saturated carbocycles. The molecule has 1 heterocycles. The van der Waals surface area contributed by atoms with Crippen molar-refractivity contribution in [2.45, 2.75) is 4.90 Å². The molecular weight excluding hydrogens is 316 g/mol. The van der Waals surface area contributed by atoms with Gasteiger partial charge in [-0.3, -0.25) is 4.72 Å². The van der Waals surface area contributed by atoms with Gasteiger partial charge in [0.05, 0.1) is 9.92 Å². The average molecular weight is 322 g/mol. The molecule has 1 aromatic heterocycles. The largest absolute Gasteiger partial charge is 0.263 e. The van der Waals surface area contributed by atoms with Crippen LogP contribution in [0.4, 0.5) is 10.2 Å². The Bertz CT molecular complexity index is 724. The van der Waals surface area contributed by atoms with Crippen molar-refractivity contribution in [2.75, 3.05) is 4.72 Å². The van der Waals surface area contributed by atoms with Crippen molar-refractivity contribution in [3.63, 3.8) is 0 Å². The summed E-state index contributed by atoms with van der Waals surface area (Å²) in [6.07, 6.45) is 1.11. The molecule has 2 rings (SSSR count). The van der Waals surface area contributed by atoms with E-state index in [1.165, 1.54) is 6.07 Å². The van der Waals surface area contributed by atoms with E-state index in [1.807, 2.05) is 0 Å². The highest BCUT2D eigenvalue weighted by molar-refractivity contribution is 7.92. The van der Waals surface area contributed by atoms with Crippen LogP contribution in [0.2, 0.25) is 10.2 Å². The number of hydrogen-bond donors (Lipinski definition) is 1. The average Bonchev–Trinajstić information content (AvgIpc) is 2.32. The van der Waals surface area contributed by atoms with Crippen LogP contribution < -0.4 is 4.72 Å². The molecule has 0 saturated heterocycles. The fourth-order valence-corrected chi connectivity index (χ4v) is 2.65. The second-order valence-corrected chi connectivity index (χ2v) is 5.88. The molecule has 0 aliphatic rings. The molecule has 0 radical (unpaired) electrons. The Balaban J connectivity index is 2.35. The lowest BCUT2D eigenvalue weighted by atomic mass is 10.3. The van der Waals surface area contributed by atoms with Gasteiger partial charge in [-0.15, -0.1) is 0 Å². The van der Waals surface area contributed by atoms with E-state index in [2.05, 4.69) is 14.7 Å². The number of benzene rings is 1. The van der Waals surface area contributed by atoms with Gasteiger partial charge < -0.3 is 0 Å². The number of aromatic nitrogens is 2. The standard InChI is InChI=1S/C10H6Cl2FN3O2S/c11-7-3-6(1-2-8(7)13)19(17,18)16-10-4-9(12)14-5-15-10/h1-5H,(H,14,15,16). The number of rotatable bonds is 3. The van der Waals surface area contributed by atoms with Gasteiger partial charge in [-0.05, 0) is 18.2 Å². The van der Waals surface area contributed by atoms with Crippen LogP contribution in [0.1, 0.15) is 0 Å². The van der Waals surface area contributed by atoms with Crippen LogP contribution in [-0.2, 0) is 10.0 Å². The first-order chi connectivity index (χ1) is 8.88. The predicted octanol–water partition coefficient (Wildman–Crippen LogP) is 2.72. The van der Waals surface area contributed by atoms with Gasteiger partial charge in [0.15, 0.2) is 0 Å². The third kappa shape index (κ3) is 3.31. The molecule has 1 N–H and O–H groups in total. The lowest BCUT2D eigenvalue weighted by Gasteiger charge is -2.07. The summed E-state index contributed by atoms with van der Waals surface area (Å²) in [6.45, 7) is 0. The Hall–Kier alpha value is -1.44. The maximum atomic E-state index is 13.0. The SMILES string of the molecule is O=S(=O)(Nc1cc(Cl)ncn1)c1ccc(F)c(Cl)c1. The minimum absolute atomic E-state index is 0.000414. The highest BCUT2D eigenvalue weighted by Gasteiger charge is 2.16. The van der Waals surface area contributed by atoms with Gasteiger partial charge in [-0.25, -0.2) is 22.8 Å². The lowest BCUT2D eigenvalue weighted by molar-refractivity contribution is 0.599. The number of nitrogens with zero attached hydrogens (tertiary/aromatic N) is 2. The van der Waals surface area contributed by atoms with Gasteiger partial charge >= 0.3 is 0 Å². The van der Waals surface area contributed by atoms with Gasteiger partial charge in [0.2, 0.25) is 0 Å². The van der Waals surface area contributed by atoms with E-state index in [-0.39, 0.29) is 20.9 Å². The normalized spacial score (nSPS) is 11.3. The van der Waals surface area contributed by atoms with Crippen molar-refractivity contribution >= 4 is 39.0 Å². The molecular formula is C10H6Cl2FN3O2S. The molecule has 9 heteroatoms. The summed E-state index contributed by atoms with van der Waals surface area (Å²) in [5.41, 5.74) is 0. The molecule has 5 nitrogen and oxygen atoms in total. The quantitative estimate of drug-likeness (QED) is 0.882. The van der Waals surface area contributed by atoms with E-state index in [0.29, 0.717) is 0 Å². The summed E-state index contributed by atoms with van der Waals surface area (Å²) in [5, 5.41) is -0.201. The second-order valence-electron chi connectivity index (χ2n) is 3.41. The summed E-state index contributed by atoms with van der Waals surface area (Å²) >= 11 is 11.1. The maximum absolute atomic E-state index is 13.0. The molecule has 0 atom stereocenters. The number of sulfonamides is 1. The fraction of sp³-hybridized carbons (Fsp3) is 0. The highest BCUT2D eigenvalue weighted by Crippen LogP contribution is 2.21. The van der Waals surface area contributed by atoms with Crippen LogP contribution >= 0.6 is 23.2 Å². The number of hydrogen-bond acceptors (Lipinski definition) is 4. The van der Waals surface area contributed by atoms with Crippen molar-refractivity contribution in [2.24, 2.45) is 0 Å². The van der Waals surface area contributed by atoms with Crippen LogP contribution in [-0.4, -0.2) is 18.4 Å². The molecule has 2 aromatic rings. The van der Waals surface area contributed by atoms with E-state index >= 15 is 0 Å². The molecule has 0 aliphatic carbocycles. The van der Waals surface area contributed by atoms with Crippen molar-refractivity contribution in [1.82, 2.24) is 9.97 Å². The first-order valence-electron chi connectivity index (χ1n) is 4.84. The summed E-state index contributed by atoms with van der Waals surface area (Å²) in [5.74, 6) is -0.703. The fourth-order valence-electron chi connectivity index (χ4n) is 1.23. The summed E-state index contributed by atoms with van der Waals surface area (Å²) in [7, 11) is -3.92. The topological polar surface area (TPSA) is 72.0 Å². The van der Waals surface area contributed by atoms with Gasteiger partial charge in [-0.2, -0.15) is 0 Å². The molecule has 0 amide bonds. The first kappa shape index (κ1) is 14.0. The van der Waals surface area contributed by atoms with Gasteiger partial charge in [0, 0.05) is 6.07 Å². The minimum atomic E-state index is -3.92. The van der Waals surface area contributed by atoms with Crippen LogP contribution in [0.15, 0.2) is 35.5 Å². The molecule has 100 valence electrons. The molecule has 0 aliphatic heterocycles. The zero-order chi connectivity index (χ0) is 14.0. The first-order valence-corrected chi connectivity index (χ1v) is 7.08. The Kier molecular flexibility index (Phi) is 3.88. The van der Waals surface area contributed by atoms with Crippen LogP contribution in [0.3, 0.4) is 0 Å². The lowest BCUT2D eigenvalue weighted by Crippen LogP contribution is -2.14. The van der Waals surface area contributed by atoms with Gasteiger partial charge in [0.25, 0.3) is 10.0 Å². The second kappa shape index (κ2) is 5.28. The predicted molar refractivity (Wildman–Crippen MR) is 69.3 cm³/mol. The van der Waals surface area contributed by atoms with Gasteiger partial charge in [-0.1, -0.05) is 23.2 Å². The Morgan fingerprint density at radius 2 is 1.89 bits per heavy atom. The van der Waals surface area contributed by atoms with Crippen LogP contribution in [0.5, 0.6) is 0 Å².